The van der Waals surface area contributed by atoms with Crippen LogP contribution >= 0.6 is 15.6 Å². The van der Waals surface area contributed by atoms with Crippen molar-refractivity contribution in [1.82, 2.24) is 0 Å². The molecule has 4 N–H and O–H groups in total. The Morgan fingerprint density at radius 2 is 0.570 bits per heavy atom. The number of unbranched alkanes of at least 4 members (excludes halogenated alkanes) is 21. The Morgan fingerprint density at radius 1 is 0.312 bits per heavy atom. The molecule has 18 heteroatoms. The minimum Gasteiger partial charge on any atom is -0.463 e. The van der Waals surface area contributed by atoms with Crippen LogP contribution < -0.4 is 0 Å². The van der Waals surface area contributed by atoms with Crippen molar-refractivity contribution in [3.05, 3.63) is 134 Å². The standard InChI is InChI=1S/C75H126O16P2/c1-4-7-10-13-16-19-22-25-28-30-31-32-33-34-35-36-37-39-42-43-46-49-52-55-58-61-73(78)85-64-70(76)65-87-92(81,82)88-66-71(77)67-89-93(83,84)90-69-72(91-75(80)63-60-57-54-51-48-45-40-27-24-21-18-15-12-9-6-3)68-86-74(79)62-59-56-53-50-47-44-41-38-29-26-23-20-17-14-11-8-5-2/h7-8,10-11,16-17,19-20,25-29,31-32,34-35,37,39-41,44,70-72,76-77H,4-6,9,12-15,18,21-24,30,33,36,38,42-43,45-69H2,1-3H3,(H,81,82)(H,83,84)/b10-7-,11-8-,19-16-,20-17-,28-25-,29-26-,32-31-,35-34-,39-37-,40-27-,44-41-. The highest BCUT2D eigenvalue weighted by Gasteiger charge is 2.29. The molecule has 0 amide bonds. The fourth-order valence-corrected chi connectivity index (χ4v) is 10.6. The SMILES string of the molecule is CC/C=C\C/C=C\C/C=C\C/C=C\C/C=C\C/C=C\CCCCCCCCC(=O)OCC(O)COP(=O)(O)OCC(O)COP(=O)(O)OCC(COC(=O)CCCCCC/C=C\C/C=C\C/C=C\C/C=C\CC)OC(=O)CCCCCCC/C=C\CCCCCCCC. The van der Waals surface area contributed by atoms with Gasteiger partial charge in [0.1, 0.15) is 25.4 Å². The van der Waals surface area contributed by atoms with E-state index in [-0.39, 0.29) is 19.3 Å². The van der Waals surface area contributed by atoms with Crippen molar-refractivity contribution in [2.24, 2.45) is 0 Å². The summed E-state index contributed by atoms with van der Waals surface area (Å²) in [6.07, 6.45) is 79.3. The topological polar surface area (TPSA) is 231 Å². The lowest BCUT2D eigenvalue weighted by Gasteiger charge is -2.21. The Bertz CT molecular complexity index is 2230. The Balaban J connectivity index is 4.64. The Kier molecular flexibility index (Phi) is 64.5. The maximum absolute atomic E-state index is 12.9. The van der Waals surface area contributed by atoms with E-state index in [1.165, 1.54) is 38.5 Å². The first-order valence-electron chi connectivity index (χ1n) is 35.5. The summed E-state index contributed by atoms with van der Waals surface area (Å²) < 4.78 is 60.9. The van der Waals surface area contributed by atoms with E-state index in [0.717, 1.165) is 167 Å². The number of carbonyl (C=O) groups is 3. The van der Waals surface area contributed by atoms with Crippen LogP contribution in [0.1, 0.15) is 265 Å². The zero-order valence-electron chi connectivity index (χ0n) is 57.6. The molecule has 0 aromatic heterocycles. The minimum atomic E-state index is -4.94. The van der Waals surface area contributed by atoms with Gasteiger partial charge < -0.3 is 34.2 Å². The molecule has 5 unspecified atom stereocenters. The average molecular weight is 1350 g/mol. The monoisotopic (exact) mass is 1340 g/mol. The summed E-state index contributed by atoms with van der Waals surface area (Å²) in [5, 5.41) is 20.6. The fourth-order valence-electron chi connectivity index (χ4n) is 8.97. The number of esters is 3. The van der Waals surface area contributed by atoms with Crippen LogP contribution in [-0.2, 0) is 55.8 Å². The van der Waals surface area contributed by atoms with Crippen LogP contribution in [0, 0.1) is 0 Å². The number of hydrogen-bond donors (Lipinski definition) is 4. The Hall–Kier alpha value is -4.31. The number of carbonyl (C=O) groups excluding carboxylic acids is 3. The number of rotatable bonds is 66. The summed E-state index contributed by atoms with van der Waals surface area (Å²) in [4.78, 5) is 58.4. The molecule has 0 rings (SSSR count). The second kappa shape index (κ2) is 67.7. The molecular weight excluding hydrogens is 1220 g/mol. The van der Waals surface area contributed by atoms with Gasteiger partial charge in [0.25, 0.3) is 0 Å². The number of aliphatic hydroxyl groups excluding tert-OH is 2. The van der Waals surface area contributed by atoms with Crippen molar-refractivity contribution in [2.75, 3.05) is 39.6 Å². The molecule has 0 bridgehead atoms. The van der Waals surface area contributed by atoms with Crippen molar-refractivity contribution in [3.8, 4) is 0 Å². The second-order valence-corrected chi connectivity index (χ2v) is 26.2. The molecule has 0 aliphatic carbocycles. The van der Waals surface area contributed by atoms with Crippen LogP contribution in [0.4, 0.5) is 0 Å². The van der Waals surface area contributed by atoms with E-state index in [4.69, 9.17) is 32.3 Å². The predicted octanol–water partition coefficient (Wildman–Crippen LogP) is 20.0. The number of allylic oxidation sites excluding steroid dienone is 22. The van der Waals surface area contributed by atoms with Crippen LogP contribution in [0.15, 0.2) is 134 Å². The van der Waals surface area contributed by atoms with Gasteiger partial charge in [-0.2, -0.15) is 0 Å². The summed E-state index contributed by atoms with van der Waals surface area (Å²) in [7, 11) is -9.80. The smallest absolute Gasteiger partial charge is 0.463 e. The molecule has 5 atom stereocenters. The summed E-state index contributed by atoms with van der Waals surface area (Å²) in [6, 6.07) is 0. The highest BCUT2D eigenvalue weighted by Crippen LogP contribution is 2.45. The van der Waals surface area contributed by atoms with E-state index in [1.807, 2.05) is 0 Å². The van der Waals surface area contributed by atoms with E-state index < -0.39 is 91.5 Å². The van der Waals surface area contributed by atoms with Gasteiger partial charge in [0.15, 0.2) is 6.10 Å². The van der Waals surface area contributed by atoms with Crippen LogP contribution in [-0.4, -0.2) is 95.9 Å². The molecule has 0 saturated carbocycles. The largest absolute Gasteiger partial charge is 0.472 e. The number of phosphoric ester groups is 2. The quantitative estimate of drug-likeness (QED) is 0.0146. The van der Waals surface area contributed by atoms with Gasteiger partial charge in [0.2, 0.25) is 0 Å². The molecule has 16 nitrogen and oxygen atoms in total. The third-order valence-corrected chi connectivity index (χ3v) is 16.2. The number of ether oxygens (including phenoxy) is 3. The molecule has 0 heterocycles. The fraction of sp³-hybridized carbons (Fsp3) is 0.667. The zero-order chi connectivity index (χ0) is 68.1. The van der Waals surface area contributed by atoms with Crippen LogP contribution in [0.5, 0.6) is 0 Å². The van der Waals surface area contributed by atoms with Gasteiger partial charge in [-0.3, -0.25) is 32.5 Å². The van der Waals surface area contributed by atoms with Gasteiger partial charge in [-0.25, -0.2) is 9.13 Å². The summed E-state index contributed by atoms with van der Waals surface area (Å²) in [5.41, 5.74) is 0. The number of hydrogen-bond acceptors (Lipinski definition) is 14. The van der Waals surface area contributed by atoms with Gasteiger partial charge in [-0.05, 0) is 135 Å². The molecule has 532 valence electrons. The summed E-state index contributed by atoms with van der Waals surface area (Å²) >= 11 is 0. The van der Waals surface area contributed by atoms with E-state index in [1.54, 1.807) is 0 Å². The van der Waals surface area contributed by atoms with Crippen LogP contribution in [0.2, 0.25) is 0 Å². The van der Waals surface area contributed by atoms with Crippen molar-refractivity contribution in [3.63, 3.8) is 0 Å². The summed E-state index contributed by atoms with van der Waals surface area (Å²) in [5.74, 6) is -1.63. The van der Waals surface area contributed by atoms with Gasteiger partial charge in [0, 0.05) is 19.3 Å². The number of phosphoric acid groups is 2. The molecule has 0 spiro atoms. The average Bonchev–Trinajstić information content (AvgIpc) is 2.84. The van der Waals surface area contributed by atoms with E-state index in [9.17, 15) is 43.5 Å². The molecular formula is C75H126O16P2. The Labute approximate surface area is 563 Å². The zero-order valence-corrected chi connectivity index (χ0v) is 59.4. The first-order valence-corrected chi connectivity index (χ1v) is 38.5. The maximum Gasteiger partial charge on any atom is 0.472 e. The van der Waals surface area contributed by atoms with Crippen LogP contribution in [0.3, 0.4) is 0 Å². The van der Waals surface area contributed by atoms with E-state index in [2.05, 4.69) is 154 Å². The van der Waals surface area contributed by atoms with Crippen LogP contribution in [0.25, 0.3) is 0 Å². The van der Waals surface area contributed by atoms with Gasteiger partial charge in [-0.15, -0.1) is 0 Å². The Morgan fingerprint density at radius 3 is 0.914 bits per heavy atom. The molecule has 93 heavy (non-hydrogen) atoms. The maximum atomic E-state index is 12.9. The molecule has 0 saturated heterocycles. The van der Waals surface area contributed by atoms with Gasteiger partial charge in [-0.1, -0.05) is 244 Å². The lowest BCUT2D eigenvalue weighted by atomic mass is 10.1. The van der Waals surface area contributed by atoms with Crippen molar-refractivity contribution < 1.29 is 75.8 Å². The van der Waals surface area contributed by atoms with E-state index >= 15 is 0 Å². The van der Waals surface area contributed by atoms with Crippen molar-refractivity contribution >= 4 is 33.6 Å². The van der Waals surface area contributed by atoms with Gasteiger partial charge >= 0.3 is 33.6 Å². The predicted molar refractivity (Wildman–Crippen MR) is 380 cm³/mol. The highest BCUT2D eigenvalue weighted by molar-refractivity contribution is 7.47. The molecule has 0 fully saturated rings. The minimum absolute atomic E-state index is 0.0859. The third-order valence-electron chi connectivity index (χ3n) is 14.3. The molecule has 0 aromatic carbocycles. The van der Waals surface area contributed by atoms with Crippen molar-refractivity contribution in [2.45, 2.75) is 283 Å². The first-order chi connectivity index (χ1) is 45.2. The molecule has 0 aliphatic heterocycles. The molecule has 0 radical (unpaired) electrons. The lowest BCUT2D eigenvalue weighted by molar-refractivity contribution is -0.161. The number of aliphatic hydroxyl groups is 2. The van der Waals surface area contributed by atoms with Gasteiger partial charge in [0.05, 0.1) is 26.4 Å². The van der Waals surface area contributed by atoms with E-state index in [0.29, 0.717) is 19.3 Å². The molecule has 0 aromatic rings. The third kappa shape index (κ3) is 68.9. The second-order valence-electron chi connectivity index (χ2n) is 23.3. The molecule has 0 aliphatic rings. The normalized spacial score (nSPS) is 15.0. The lowest BCUT2D eigenvalue weighted by Crippen LogP contribution is -2.30. The van der Waals surface area contributed by atoms with Crippen molar-refractivity contribution in [1.29, 1.82) is 0 Å². The summed E-state index contributed by atoms with van der Waals surface area (Å²) in [6.45, 7) is 2.37. The first kappa shape index (κ1) is 88.7. The highest BCUT2D eigenvalue weighted by atomic mass is 31.2.